The Hall–Kier alpha value is -2.25. The lowest BCUT2D eigenvalue weighted by molar-refractivity contribution is -0.154. The van der Waals surface area contributed by atoms with E-state index < -0.39 is 35.6 Å². The van der Waals surface area contributed by atoms with Crippen molar-refractivity contribution in [3.05, 3.63) is 35.1 Å². The van der Waals surface area contributed by atoms with Crippen LogP contribution in [0, 0.1) is 24.2 Å². The molecule has 0 aromatic carbocycles. The van der Waals surface area contributed by atoms with Gasteiger partial charge in [-0.25, -0.2) is 4.98 Å². The third-order valence-corrected chi connectivity index (χ3v) is 7.04. The van der Waals surface area contributed by atoms with Gasteiger partial charge in [0.05, 0.1) is 24.0 Å². The van der Waals surface area contributed by atoms with Gasteiger partial charge in [-0.3, -0.25) is 9.59 Å². The quantitative estimate of drug-likeness (QED) is 0.467. The minimum Gasteiger partial charge on any atom is -0.457 e. The zero-order valence-electron chi connectivity index (χ0n) is 21.6. The van der Waals surface area contributed by atoms with Crippen molar-refractivity contribution in [2.45, 2.75) is 98.9 Å². The summed E-state index contributed by atoms with van der Waals surface area (Å²) in [5.41, 5.74) is 1.42. The zero-order chi connectivity index (χ0) is 25.6. The van der Waals surface area contributed by atoms with Crippen LogP contribution in [0.1, 0.15) is 85.2 Å². The van der Waals surface area contributed by atoms with Crippen LogP contribution in [-0.2, 0) is 14.3 Å². The average molecular weight is 476 g/mol. The van der Waals surface area contributed by atoms with Crippen LogP contribution in [0.25, 0.3) is 6.08 Å². The number of rotatable bonds is 2. The molecular formula is C27H41NO6. The van der Waals surface area contributed by atoms with Gasteiger partial charge < -0.3 is 19.4 Å². The van der Waals surface area contributed by atoms with Crippen molar-refractivity contribution in [1.29, 1.82) is 0 Å². The Labute approximate surface area is 203 Å². The Morgan fingerprint density at radius 3 is 2.50 bits per heavy atom. The monoisotopic (exact) mass is 475 g/mol. The molecule has 0 unspecified atom stereocenters. The lowest BCUT2D eigenvalue weighted by Gasteiger charge is -2.34. The summed E-state index contributed by atoms with van der Waals surface area (Å²) in [5.74, 6) is -0.995. The number of aliphatic hydroxyl groups is 2. The summed E-state index contributed by atoms with van der Waals surface area (Å²) >= 11 is 0. The van der Waals surface area contributed by atoms with E-state index in [0.717, 1.165) is 24.8 Å². The summed E-state index contributed by atoms with van der Waals surface area (Å²) in [7, 11) is 0. The molecule has 190 valence electrons. The van der Waals surface area contributed by atoms with Gasteiger partial charge in [-0.15, -0.1) is 0 Å². The molecule has 0 saturated carbocycles. The average Bonchev–Trinajstić information content (AvgIpc) is 3.18. The maximum atomic E-state index is 13.2. The number of Topliss-reactive ketones (excluding diaryl/α,β-unsaturated/α-hetero) is 1. The van der Waals surface area contributed by atoms with Gasteiger partial charge in [0.15, 0.2) is 5.89 Å². The van der Waals surface area contributed by atoms with Crippen LogP contribution in [-0.4, -0.2) is 45.3 Å². The molecule has 2 heterocycles. The van der Waals surface area contributed by atoms with E-state index in [4.69, 9.17) is 9.15 Å². The largest absolute Gasteiger partial charge is 0.457 e. The Bertz CT molecular complexity index is 912. The normalized spacial score (nSPS) is 32.1. The highest BCUT2D eigenvalue weighted by Gasteiger charge is 2.42. The van der Waals surface area contributed by atoms with Crippen molar-refractivity contribution in [3.8, 4) is 0 Å². The second-order valence-electron chi connectivity index (χ2n) is 10.4. The van der Waals surface area contributed by atoms with Crippen molar-refractivity contribution in [1.82, 2.24) is 4.98 Å². The van der Waals surface area contributed by atoms with E-state index in [9.17, 15) is 19.8 Å². The molecule has 0 aliphatic carbocycles. The van der Waals surface area contributed by atoms with Crippen LogP contribution >= 0.6 is 0 Å². The van der Waals surface area contributed by atoms with Crippen molar-refractivity contribution in [2.24, 2.45) is 17.3 Å². The van der Waals surface area contributed by atoms with Crippen molar-refractivity contribution in [2.75, 3.05) is 0 Å². The van der Waals surface area contributed by atoms with Crippen LogP contribution in [0.5, 0.6) is 0 Å². The standard InChI is InChI=1S/C27H41NO6/c1-16-9-8-10-17(2)25(31)19(4)26(32)27(6,7)23(29)14-24(30)34-22(12-11-16)18(3)13-21-15-33-20(5)28-21/h11,13,15,17,19,22-23,25,29,31H,8-10,12,14H2,1-7H3/b16-11-,18-13+/t17-,19+,22-,23-,25-/m0/s1. The molecule has 34 heavy (non-hydrogen) atoms. The summed E-state index contributed by atoms with van der Waals surface area (Å²) in [6.07, 6.45) is 5.58. The van der Waals surface area contributed by atoms with Gasteiger partial charge in [-0.05, 0) is 50.7 Å². The van der Waals surface area contributed by atoms with Crippen LogP contribution in [0.3, 0.4) is 0 Å². The first-order chi connectivity index (χ1) is 15.8. The highest BCUT2D eigenvalue weighted by molar-refractivity contribution is 5.88. The molecule has 2 rings (SSSR count). The Morgan fingerprint density at radius 2 is 1.88 bits per heavy atom. The molecule has 1 aliphatic rings. The fourth-order valence-corrected chi connectivity index (χ4v) is 4.40. The number of carbonyl (C=O) groups excluding carboxylic acids is 2. The van der Waals surface area contributed by atoms with Crippen LogP contribution in [0.4, 0.5) is 0 Å². The lowest BCUT2D eigenvalue weighted by Crippen LogP contribution is -2.45. The fraction of sp³-hybridized carbons (Fsp3) is 0.667. The molecule has 5 atom stereocenters. The highest BCUT2D eigenvalue weighted by Crippen LogP contribution is 2.32. The molecule has 1 aromatic rings. The van der Waals surface area contributed by atoms with Crippen molar-refractivity contribution in [3.63, 3.8) is 0 Å². The van der Waals surface area contributed by atoms with Crippen LogP contribution < -0.4 is 0 Å². The number of ether oxygens (including phenoxy) is 1. The SMILES string of the molecule is C/C1=C/C[C@@H](/C(C)=C/c2coc(C)n2)OC(=O)C[C@H](O)C(C)(C)C(=O)[C@H](C)[C@@H](O)[C@@H](C)CCC1. The number of nitrogens with zero attached hydrogens (tertiary/aromatic N) is 1. The molecule has 0 bridgehead atoms. The number of aliphatic hydroxyl groups excluding tert-OH is 2. The van der Waals surface area contributed by atoms with E-state index in [0.29, 0.717) is 18.0 Å². The second kappa shape index (κ2) is 11.9. The Kier molecular flexibility index (Phi) is 9.83. The molecule has 0 fully saturated rings. The number of hydrogen-bond donors (Lipinski definition) is 2. The van der Waals surface area contributed by atoms with Gasteiger partial charge in [0.1, 0.15) is 23.8 Å². The van der Waals surface area contributed by atoms with Gasteiger partial charge in [0, 0.05) is 19.3 Å². The molecule has 7 heteroatoms. The molecule has 1 aliphatic heterocycles. The molecule has 0 saturated heterocycles. The first kappa shape index (κ1) is 28.0. The topological polar surface area (TPSA) is 110 Å². The number of aromatic nitrogens is 1. The van der Waals surface area contributed by atoms with Gasteiger partial charge in [-0.2, -0.15) is 0 Å². The zero-order valence-corrected chi connectivity index (χ0v) is 21.6. The third-order valence-electron chi connectivity index (χ3n) is 7.04. The summed E-state index contributed by atoms with van der Waals surface area (Å²) < 4.78 is 11.0. The number of ketones is 1. The van der Waals surface area contributed by atoms with Gasteiger partial charge in [0.25, 0.3) is 0 Å². The lowest BCUT2D eigenvalue weighted by atomic mass is 9.73. The number of esters is 1. The number of hydrogen-bond acceptors (Lipinski definition) is 7. The molecule has 2 N–H and O–H groups in total. The number of aryl methyl sites for hydroxylation is 1. The van der Waals surface area contributed by atoms with E-state index in [1.165, 1.54) is 5.57 Å². The smallest absolute Gasteiger partial charge is 0.309 e. The Morgan fingerprint density at radius 1 is 1.21 bits per heavy atom. The second-order valence-corrected chi connectivity index (χ2v) is 10.4. The molecule has 0 radical (unpaired) electrons. The summed E-state index contributed by atoms with van der Waals surface area (Å²) in [6, 6.07) is 0. The molecular weight excluding hydrogens is 434 g/mol. The van der Waals surface area contributed by atoms with Gasteiger partial charge in [-0.1, -0.05) is 39.3 Å². The van der Waals surface area contributed by atoms with E-state index in [1.807, 2.05) is 26.8 Å². The minimum atomic E-state index is -1.23. The molecule has 0 amide bonds. The Balaban J connectivity index is 2.33. The predicted octanol–water partition coefficient (Wildman–Crippen LogP) is 4.80. The number of oxazole rings is 1. The van der Waals surface area contributed by atoms with E-state index in [-0.39, 0.29) is 18.1 Å². The number of allylic oxidation sites excluding steroid dienone is 1. The number of carbonyl (C=O) groups is 2. The van der Waals surface area contributed by atoms with Crippen LogP contribution in [0.2, 0.25) is 0 Å². The highest BCUT2D eigenvalue weighted by atomic mass is 16.5. The first-order valence-electron chi connectivity index (χ1n) is 12.2. The van der Waals surface area contributed by atoms with E-state index in [1.54, 1.807) is 34.0 Å². The summed E-state index contributed by atoms with van der Waals surface area (Å²) in [4.78, 5) is 30.3. The summed E-state index contributed by atoms with van der Waals surface area (Å²) in [6.45, 7) is 12.6. The minimum absolute atomic E-state index is 0.0543. The van der Waals surface area contributed by atoms with Gasteiger partial charge in [0.2, 0.25) is 0 Å². The first-order valence-corrected chi connectivity index (χ1v) is 12.2. The molecule has 1 aromatic heterocycles. The third kappa shape index (κ3) is 7.37. The fourth-order valence-electron chi connectivity index (χ4n) is 4.40. The van der Waals surface area contributed by atoms with Crippen molar-refractivity contribution >= 4 is 17.8 Å². The van der Waals surface area contributed by atoms with E-state index in [2.05, 4.69) is 11.1 Å². The van der Waals surface area contributed by atoms with E-state index >= 15 is 0 Å². The molecule has 0 spiro atoms. The van der Waals surface area contributed by atoms with Crippen molar-refractivity contribution < 1.29 is 29.0 Å². The summed E-state index contributed by atoms with van der Waals surface area (Å²) in [5, 5.41) is 21.6. The van der Waals surface area contributed by atoms with Crippen LogP contribution in [0.15, 0.2) is 27.9 Å². The maximum absolute atomic E-state index is 13.2. The molecule has 7 nitrogen and oxygen atoms in total. The van der Waals surface area contributed by atoms with Gasteiger partial charge >= 0.3 is 5.97 Å². The maximum Gasteiger partial charge on any atom is 0.309 e. The predicted molar refractivity (Wildman–Crippen MR) is 131 cm³/mol. The number of cyclic esters (lactones) is 1.